The maximum absolute atomic E-state index is 12.6. The molecule has 0 aliphatic heterocycles. The van der Waals surface area contributed by atoms with E-state index in [1.807, 2.05) is 0 Å². The van der Waals surface area contributed by atoms with Gasteiger partial charge in [0, 0.05) is 0 Å². The summed E-state index contributed by atoms with van der Waals surface area (Å²) in [5, 5.41) is 0. The van der Waals surface area contributed by atoms with Gasteiger partial charge < -0.3 is 4.74 Å². The van der Waals surface area contributed by atoms with Crippen LogP contribution in [0.15, 0.2) is 0 Å². The number of esters is 1. The fourth-order valence-electron chi connectivity index (χ4n) is 2.45. The smallest absolute Gasteiger partial charge is 0.356 e. The third kappa shape index (κ3) is 3.62. The van der Waals surface area contributed by atoms with Crippen LogP contribution in [-0.4, -0.2) is 17.7 Å². The van der Waals surface area contributed by atoms with Crippen molar-refractivity contribution in [2.45, 2.75) is 51.8 Å². The highest BCUT2D eigenvalue weighted by Crippen LogP contribution is 2.35. The first-order valence-corrected chi connectivity index (χ1v) is 6.34. The average molecular weight is 251 g/mol. The van der Waals surface area contributed by atoms with Gasteiger partial charge in [0.2, 0.25) is 0 Å². The Balaban J connectivity index is 2.61. The molecule has 2 nitrogen and oxygen atoms in total. The molecule has 1 aliphatic carbocycles. The van der Waals surface area contributed by atoms with Crippen LogP contribution in [0.2, 0.25) is 0 Å². The summed E-state index contributed by atoms with van der Waals surface area (Å²) in [6.07, 6.45) is 2.83. The molecule has 16 heavy (non-hydrogen) atoms. The first-order chi connectivity index (χ1) is 7.41. The zero-order valence-electron chi connectivity index (χ0n) is 10.1. The molecule has 0 spiro atoms. The van der Waals surface area contributed by atoms with E-state index in [9.17, 15) is 9.18 Å². The molecule has 1 fully saturated rings. The van der Waals surface area contributed by atoms with E-state index in [1.165, 1.54) is 0 Å². The Morgan fingerprint density at radius 3 is 2.56 bits per heavy atom. The van der Waals surface area contributed by atoms with Crippen LogP contribution in [0.5, 0.6) is 0 Å². The summed E-state index contributed by atoms with van der Waals surface area (Å²) in [6.45, 7) is 6.34. The quantitative estimate of drug-likeness (QED) is 0.566. The second-order valence-electron chi connectivity index (χ2n) is 5.10. The summed E-state index contributed by atoms with van der Waals surface area (Å²) in [7, 11) is 0. The standard InChI is InChI=1S/C12H20ClFO2/c1-7(2)9-5-4-8(3)6-10(9)16-12(15)11(13)14/h7-11H,4-6H2,1-3H3/t8-,9-,10+,11+/m1/s1. The van der Waals surface area contributed by atoms with Crippen molar-refractivity contribution in [3.05, 3.63) is 0 Å². The minimum Gasteiger partial charge on any atom is -0.459 e. The molecule has 0 heterocycles. The highest BCUT2D eigenvalue weighted by atomic mass is 35.5. The van der Waals surface area contributed by atoms with Gasteiger partial charge in [0.1, 0.15) is 6.10 Å². The summed E-state index contributed by atoms with van der Waals surface area (Å²) in [5.74, 6) is 0.363. The van der Waals surface area contributed by atoms with E-state index >= 15 is 0 Å². The van der Waals surface area contributed by atoms with Crippen LogP contribution in [0, 0.1) is 17.8 Å². The normalized spacial score (nSPS) is 32.5. The predicted octanol–water partition coefficient (Wildman–Crippen LogP) is 3.52. The molecule has 1 aliphatic rings. The number of hydrogen-bond acceptors (Lipinski definition) is 2. The lowest BCUT2D eigenvalue weighted by Gasteiger charge is -2.36. The second-order valence-corrected chi connectivity index (χ2v) is 5.49. The first-order valence-electron chi connectivity index (χ1n) is 5.90. The Labute approximate surface area is 101 Å². The van der Waals surface area contributed by atoms with Crippen LogP contribution < -0.4 is 0 Å². The highest BCUT2D eigenvalue weighted by molar-refractivity contribution is 6.28. The molecule has 0 saturated heterocycles. The zero-order valence-corrected chi connectivity index (χ0v) is 10.8. The van der Waals surface area contributed by atoms with Gasteiger partial charge in [-0.25, -0.2) is 9.18 Å². The van der Waals surface area contributed by atoms with Crippen LogP contribution in [0.1, 0.15) is 40.0 Å². The summed E-state index contributed by atoms with van der Waals surface area (Å²) in [6, 6.07) is 0. The molecule has 4 atom stereocenters. The molecular formula is C12H20ClFO2. The Bertz CT molecular complexity index is 243. The van der Waals surface area contributed by atoms with Crippen molar-refractivity contribution in [3.8, 4) is 0 Å². The van der Waals surface area contributed by atoms with Crippen molar-refractivity contribution in [1.29, 1.82) is 0 Å². The van der Waals surface area contributed by atoms with Crippen molar-refractivity contribution in [3.63, 3.8) is 0 Å². The molecule has 0 aromatic carbocycles. The topological polar surface area (TPSA) is 26.3 Å². The molecular weight excluding hydrogens is 231 g/mol. The number of carbonyl (C=O) groups is 1. The van der Waals surface area contributed by atoms with Crippen LogP contribution in [-0.2, 0) is 9.53 Å². The lowest BCUT2D eigenvalue weighted by Crippen LogP contribution is -2.37. The summed E-state index contributed by atoms with van der Waals surface area (Å²) in [5.41, 5.74) is -2.04. The van der Waals surface area contributed by atoms with Gasteiger partial charge in [-0.15, -0.1) is 0 Å². The van der Waals surface area contributed by atoms with Crippen LogP contribution in [0.3, 0.4) is 0 Å². The second kappa shape index (κ2) is 5.85. The average Bonchev–Trinajstić information content (AvgIpc) is 2.16. The monoisotopic (exact) mass is 250 g/mol. The van der Waals surface area contributed by atoms with Crippen LogP contribution in [0.25, 0.3) is 0 Å². The number of hydrogen-bond donors (Lipinski definition) is 0. The molecule has 0 radical (unpaired) electrons. The van der Waals surface area contributed by atoms with Crippen molar-refractivity contribution in [1.82, 2.24) is 0 Å². The third-order valence-corrected chi connectivity index (χ3v) is 3.59. The minimum atomic E-state index is -2.04. The van der Waals surface area contributed by atoms with E-state index < -0.39 is 11.6 Å². The van der Waals surface area contributed by atoms with Gasteiger partial charge in [-0.2, -0.15) is 0 Å². The van der Waals surface area contributed by atoms with E-state index in [0.29, 0.717) is 17.8 Å². The molecule has 0 aromatic rings. The Morgan fingerprint density at radius 1 is 1.44 bits per heavy atom. The van der Waals surface area contributed by atoms with Gasteiger partial charge in [-0.3, -0.25) is 0 Å². The van der Waals surface area contributed by atoms with Gasteiger partial charge in [0.25, 0.3) is 5.63 Å². The van der Waals surface area contributed by atoms with Crippen molar-refractivity contribution in [2.24, 2.45) is 17.8 Å². The first kappa shape index (κ1) is 13.8. The predicted molar refractivity (Wildman–Crippen MR) is 62.0 cm³/mol. The number of alkyl halides is 2. The van der Waals surface area contributed by atoms with Gasteiger partial charge in [0.15, 0.2) is 0 Å². The number of ether oxygens (including phenoxy) is 1. The van der Waals surface area contributed by atoms with Gasteiger partial charge in [0.05, 0.1) is 0 Å². The molecule has 0 N–H and O–H groups in total. The number of halogens is 2. The lowest BCUT2D eigenvalue weighted by molar-refractivity contribution is -0.158. The molecule has 0 unspecified atom stereocenters. The minimum absolute atomic E-state index is 0.173. The van der Waals surface area contributed by atoms with Crippen LogP contribution >= 0.6 is 11.6 Å². The molecule has 0 bridgehead atoms. The van der Waals surface area contributed by atoms with Crippen molar-refractivity contribution < 1.29 is 13.9 Å². The molecule has 1 saturated carbocycles. The highest BCUT2D eigenvalue weighted by Gasteiger charge is 2.34. The van der Waals surface area contributed by atoms with Gasteiger partial charge >= 0.3 is 5.97 Å². The molecule has 94 valence electrons. The molecule has 0 aromatic heterocycles. The lowest BCUT2D eigenvalue weighted by atomic mass is 9.75. The van der Waals surface area contributed by atoms with Gasteiger partial charge in [-0.05, 0) is 30.6 Å². The van der Waals surface area contributed by atoms with E-state index in [0.717, 1.165) is 19.3 Å². The summed E-state index contributed by atoms with van der Waals surface area (Å²) in [4.78, 5) is 11.2. The van der Waals surface area contributed by atoms with Gasteiger partial charge in [-0.1, -0.05) is 38.8 Å². The molecule has 1 rings (SSSR count). The fourth-order valence-corrected chi connectivity index (χ4v) is 2.50. The SMILES string of the molecule is CC(C)[C@H]1CC[C@@H](C)C[C@@H]1OC(=O)[C@H](F)Cl. The maximum Gasteiger partial charge on any atom is 0.356 e. The number of carbonyl (C=O) groups excluding carboxylic acids is 1. The van der Waals surface area contributed by atoms with Crippen molar-refractivity contribution in [2.75, 3.05) is 0 Å². The van der Waals surface area contributed by atoms with E-state index in [1.54, 1.807) is 0 Å². The largest absolute Gasteiger partial charge is 0.459 e. The third-order valence-electron chi connectivity index (χ3n) is 3.41. The fraction of sp³-hybridized carbons (Fsp3) is 0.917. The summed E-state index contributed by atoms with van der Waals surface area (Å²) < 4.78 is 17.7. The molecule has 4 heteroatoms. The Kier molecular flexibility index (Phi) is 5.03. The number of rotatable bonds is 3. The van der Waals surface area contributed by atoms with E-state index in [2.05, 4.69) is 20.8 Å². The Morgan fingerprint density at radius 2 is 2.06 bits per heavy atom. The van der Waals surface area contributed by atoms with E-state index in [4.69, 9.17) is 16.3 Å². The van der Waals surface area contributed by atoms with E-state index in [-0.39, 0.29) is 6.10 Å². The van der Waals surface area contributed by atoms with Crippen LogP contribution in [0.4, 0.5) is 4.39 Å². The zero-order chi connectivity index (χ0) is 12.3. The van der Waals surface area contributed by atoms with Crippen molar-refractivity contribution >= 4 is 17.6 Å². The molecule has 0 amide bonds. The Hall–Kier alpha value is -0.310. The summed E-state index contributed by atoms with van der Waals surface area (Å²) >= 11 is 5.07. The maximum atomic E-state index is 12.6.